The lowest BCUT2D eigenvalue weighted by molar-refractivity contribution is 0.0979. The van der Waals surface area contributed by atoms with Crippen LogP contribution in [0.25, 0.3) is 0 Å². The first-order valence-corrected chi connectivity index (χ1v) is 6.84. The molecule has 0 spiro atoms. The Balaban J connectivity index is 2.36. The summed E-state index contributed by atoms with van der Waals surface area (Å²) in [5, 5.41) is 9.08. The number of ketones is 1. The van der Waals surface area contributed by atoms with Crippen molar-refractivity contribution in [2.75, 3.05) is 0 Å². The minimum Gasteiger partial charge on any atom is -0.292 e. The number of rotatable bonds is 3. The summed E-state index contributed by atoms with van der Waals surface area (Å²) in [5.41, 5.74) is 0.798. The lowest BCUT2D eigenvalue weighted by Gasteiger charge is -2.09. The van der Waals surface area contributed by atoms with Crippen LogP contribution in [0.3, 0.4) is 0 Å². The van der Waals surface area contributed by atoms with Crippen LogP contribution in [0.1, 0.15) is 21.8 Å². The molecular weight excluding hydrogens is 345 g/mol. The monoisotopic (exact) mass is 351 g/mol. The molecule has 2 aromatic carbocycles. The first-order valence-electron chi connectivity index (χ1n) is 5.67. The molecule has 0 saturated heterocycles. The molecule has 2 aromatic rings. The van der Waals surface area contributed by atoms with Crippen LogP contribution in [-0.4, -0.2) is 5.78 Å². The third-order valence-corrected chi connectivity index (χ3v) is 3.62. The van der Waals surface area contributed by atoms with Crippen LogP contribution in [0.2, 0.25) is 5.02 Å². The van der Waals surface area contributed by atoms with Crippen LogP contribution < -0.4 is 0 Å². The van der Waals surface area contributed by atoms with Gasteiger partial charge in [0.2, 0.25) is 0 Å². The predicted octanol–water partition coefficient (Wildman–Crippen LogP) is 4.73. The van der Waals surface area contributed by atoms with Gasteiger partial charge in [-0.2, -0.15) is 5.26 Å². The van der Waals surface area contributed by atoms with Crippen molar-refractivity contribution in [2.24, 2.45) is 0 Å². The van der Waals surface area contributed by atoms with E-state index in [1.807, 2.05) is 6.07 Å². The summed E-state index contributed by atoms with van der Waals surface area (Å²) in [6, 6.07) is 12.5. The molecule has 100 valence electrons. The van der Waals surface area contributed by atoms with Gasteiger partial charge < -0.3 is 0 Å². The van der Waals surface area contributed by atoms with Gasteiger partial charge in [-0.25, -0.2) is 4.39 Å². The molecule has 20 heavy (non-hydrogen) atoms. The number of Topliss-reactive ketones (excluding diaryl/α,β-unsaturated/α-hetero) is 1. The highest BCUT2D eigenvalue weighted by Crippen LogP contribution is 2.24. The molecule has 1 atom stereocenters. The van der Waals surface area contributed by atoms with Gasteiger partial charge in [0.05, 0.1) is 11.1 Å². The van der Waals surface area contributed by atoms with Crippen molar-refractivity contribution in [2.45, 2.75) is 5.92 Å². The van der Waals surface area contributed by atoms with Crippen molar-refractivity contribution in [3.05, 3.63) is 68.9 Å². The number of carbonyl (C=O) groups excluding carboxylic acids is 1. The van der Waals surface area contributed by atoms with E-state index in [1.165, 1.54) is 12.1 Å². The second kappa shape index (κ2) is 6.17. The minimum absolute atomic E-state index is 0.136. The molecule has 0 heterocycles. The second-order valence-corrected chi connectivity index (χ2v) is 5.43. The van der Waals surface area contributed by atoms with E-state index >= 15 is 0 Å². The van der Waals surface area contributed by atoms with Gasteiger partial charge in [-0.05, 0) is 35.9 Å². The molecule has 0 radical (unpaired) electrons. The van der Waals surface area contributed by atoms with Gasteiger partial charge in [0.15, 0.2) is 5.78 Å². The molecule has 0 N–H and O–H groups in total. The van der Waals surface area contributed by atoms with Gasteiger partial charge in [-0.15, -0.1) is 0 Å². The van der Waals surface area contributed by atoms with E-state index in [9.17, 15) is 14.4 Å². The van der Waals surface area contributed by atoms with Crippen molar-refractivity contribution < 1.29 is 9.18 Å². The van der Waals surface area contributed by atoms with Crippen LogP contribution in [0, 0.1) is 17.1 Å². The van der Waals surface area contributed by atoms with Gasteiger partial charge in [0, 0.05) is 10.0 Å². The van der Waals surface area contributed by atoms with Crippen LogP contribution in [0.15, 0.2) is 46.9 Å². The Morgan fingerprint density at radius 2 is 1.90 bits per heavy atom. The highest BCUT2D eigenvalue weighted by Gasteiger charge is 2.22. The van der Waals surface area contributed by atoms with Crippen molar-refractivity contribution in [3.63, 3.8) is 0 Å². The topological polar surface area (TPSA) is 40.9 Å². The molecule has 0 amide bonds. The van der Waals surface area contributed by atoms with Crippen molar-refractivity contribution in [3.8, 4) is 6.07 Å². The van der Waals surface area contributed by atoms with Crippen molar-refractivity contribution in [1.29, 1.82) is 5.26 Å². The molecule has 2 nitrogen and oxygen atoms in total. The lowest BCUT2D eigenvalue weighted by atomic mass is 9.92. The molecule has 0 fully saturated rings. The molecule has 2 rings (SSSR count). The Hall–Kier alpha value is -1.70. The number of hydrogen-bond donors (Lipinski definition) is 0. The van der Waals surface area contributed by atoms with E-state index in [4.69, 9.17) is 11.6 Å². The standard InChI is InChI=1S/C15H8BrClFNO/c16-11-4-1-9(2-5-11)12(8-19)15(20)10-3-6-14(18)13(17)7-10/h1-7,12H. The zero-order chi connectivity index (χ0) is 14.7. The smallest absolute Gasteiger partial charge is 0.184 e. The average molecular weight is 353 g/mol. The van der Waals surface area contributed by atoms with Gasteiger partial charge in [0.1, 0.15) is 11.7 Å². The molecule has 0 aliphatic carbocycles. The quantitative estimate of drug-likeness (QED) is 0.749. The predicted molar refractivity (Wildman–Crippen MR) is 78.2 cm³/mol. The molecule has 0 saturated carbocycles. The van der Waals surface area contributed by atoms with E-state index < -0.39 is 17.5 Å². The molecule has 0 aliphatic rings. The number of nitriles is 1. The maximum Gasteiger partial charge on any atom is 0.184 e. The molecule has 0 aliphatic heterocycles. The molecule has 5 heteroatoms. The first-order chi connectivity index (χ1) is 9.52. The van der Waals surface area contributed by atoms with E-state index in [0.29, 0.717) is 5.56 Å². The zero-order valence-corrected chi connectivity index (χ0v) is 12.5. The maximum atomic E-state index is 13.1. The SMILES string of the molecule is N#CC(C(=O)c1ccc(F)c(Cl)c1)c1ccc(Br)cc1. The normalized spacial score (nSPS) is 11.7. The number of nitrogens with zero attached hydrogens (tertiary/aromatic N) is 1. The van der Waals surface area contributed by atoms with Gasteiger partial charge in [-0.3, -0.25) is 4.79 Å². The van der Waals surface area contributed by atoms with E-state index in [-0.39, 0.29) is 10.6 Å². The largest absolute Gasteiger partial charge is 0.292 e. The summed E-state index contributed by atoms with van der Waals surface area (Å²) in [4.78, 5) is 12.3. The lowest BCUT2D eigenvalue weighted by Crippen LogP contribution is -2.11. The third kappa shape index (κ3) is 3.06. The average Bonchev–Trinajstić information content (AvgIpc) is 2.44. The fourth-order valence-electron chi connectivity index (χ4n) is 1.76. The van der Waals surface area contributed by atoms with Crippen LogP contribution in [-0.2, 0) is 0 Å². The molecule has 1 unspecified atom stereocenters. The van der Waals surface area contributed by atoms with Crippen LogP contribution in [0.5, 0.6) is 0 Å². The Kier molecular flexibility index (Phi) is 4.53. The Labute approximate surface area is 128 Å². The summed E-state index contributed by atoms with van der Waals surface area (Å²) in [6.45, 7) is 0. The van der Waals surface area contributed by atoms with Gasteiger partial charge in [0.25, 0.3) is 0 Å². The highest BCUT2D eigenvalue weighted by atomic mass is 79.9. The summed E-state index contributed by atoms with van der Waals surface area (Å²) >= 11 is 8.95. The summed E-state index contributed by atoms with van der Waals surface area (Å²) in [7, 11) is 0. The van der Waals surface area contributed by atoms with Crippen molar-refractivity contribution >= 4 is 33.3 Å². The summed E-state index contributed by atoms with van der Waals surface area (Å²) in [5.74, 6) is -1.94. The Bertz CT molecular complexity index is 694. The maximum absolute atomic E-state index is 13.1. The molecular formula is C15H8BrClFNO. The van der Waals surface area contributed by atoms with Gasteiger partial charge in [-0.1, -0.05) is 39.7 Å². The van der Waals surface area contributed by atoms with E-state index in [2.05, 4.69) is 15.9 Å². The summed E-state index contributed by atoms with van der Waals surface area (Å²) < 4.78 is 14.0. The van der Waals surface area contributed by atoms with Crippen LogP contribution >= 0.6 is 27.5 Å². The number of carbonyl (C=O) groups is 1. The van der Waals surface area contributed by atoms with Crippen molar-refractivity contribution in [1.82, 2.24) is 0 Å². The van der Waals surface area contributed by atoms with Crippen LogP contribution in [0.4, 0.5) is 4.39 Å². The van der Waals surface area contributed by atoms with E-state index in [0.717, 1.165) is 10.5 Å². The number of hydrogen-bond acceptors (Lipinski definition) is 2. The van der Waals surface area contributed by atoms with Gasteiger partial charge >= 0.3 is 0 Å². The zero-order valence-electron chi connectivity index (χ0n) is 10.1. The first kappa shape index (κ1) is 14.7. The summed E-state index contributed by atoms with van der Waals surface area (Å²) in [6.07, 6.45) is 0. The number of halogens is 3. The second-order valence-electron chi connectivity index (χ2n) is 4.11. The fourth-order valence-corrected chi connectivity index (χ4v) is 2.20. The molecule has 0 bridgehead atoms. The Morgan fingerprint density at radius 1 is 1.25 bits per heavy atom. The third-order valence-electron chi connectivity index (χ3n) is 2.80. The number of benzene rings is 2. The van der Waals surface area contributed by atoms with E-state index in [1.54, 1.807) is 24.3 Å². The highest BCUT2D eigenvalue weighted by molar-refractivity contribution is 9.10. The minimum atomic E-state index is -0.940. The molecule has 0 aromatic heterocycles. The fraction of sp³-hybridized carbons (Fsp3) is 0.0667. The Morgan fingerprint density at radius 3 is 2.45 bits per heavy atom.